The maximum Gasteiger partial charge on any atom is 0.408 e. The van der Waals surface area contributed by atoms with Crippen molar-refractivity contribution in [3.8, 4) is 0 Å². The molecule has 3 N–H and O–H groups in total. The van der Waals surface area contributed by atoms with Gasteiger partial charge in [-0.1, -0.05) is 23.2 Å². The smallest absolute Gasteiger partial charge is 0.408 e. The van der Waals surface area contributed by atoms with Crippen molar-refractivity contribution in [3.05, 3.63) is 28.2 Å². The highest BCUT2D eigenvalue weighted by molar-refractivity contribution is 7.89. The molecule has 0 bridgehead atoms. The van der Waals surface area contributed by atoms with Gasteiger partial charge in [-0.15, -0.1) is 0 Å². The lowest BCUT2D eigenvalue weighted by atomic mass is 10.2. The molecule has 0 fully saturated rings. The van der Waals surface area contributed by atoms with Gasteiger partial charge in [0.2, 0.25) is 10.0 Å². The Kier molecular flexibility index (Phi) is 5.68. The number of sulfonamides is 1. The molecule has 0 aliphatic heterocycles. The zero-order valence-electron chi connectivity index (χ0n) is 10.3. The van der Waals surface area contributed by atoms with E-state index in [0.29, 0.717) is 0 Å². The standard InChI is InChI=1S/C10H8Cl2F3NO5S/c11-4-1-2-5(12)6(3-4)22(20,21)16-8(10(13,14)15)7(17)9(18)19/h1-3,7-8,16-17H,(H,18,19)/t7-,8+/m1/s1. The van der Waals surface area contributed by atoms with Crippen LogP contribution in [0.3, 0.4) is 0 Å². The van der Waals surface area contributed by atoms with E-state index in [1.807, 2.05) is 0 Å². The van der Waals surface area contributed by atoms with E-state index >= 15 is 0 Å². The van der Waals surface area contributed by atoms with Crippen molar-refractivity contribution >= 4 is 39.2 Å². The average Bonchev–Trinajstić information content (AvgIpc) is 2.36. The summed E-state index contributed by atoms with van der Waals surface area (Å²) in [5, 5.41) is 17.0. The normalized spacial score (nSPS) is 15.4. The van der Waals surface area contributed by atoms with Gasteiger partial charge >= 0.3 is 12.1 Å². The van der Waals surface area contributed by atoms with Crippen molar-refractivity contribution in [1.29, 1.82) is 0 Å². The average molecular weight is 382 g/mol. The van der Waals surface area contributed by atoms with Crippen molar-refractivity contribution in [2.24, 2.45) is 0 Å². The first kappa shape index (κ1) is 19.0. The Bertz CT molecular complexity index is 680. The zero-order valence-corrected chi connectivity index (χ0v) is 12.6. The van der Waals surface area contributed by atoms with Gasteiger partial charge in [0, 0.05) is 5.02 Å². The Balaban J connectivity index is 3.27. The Morgan fingerprint density at radius 2 is 1.82 bits per heavy atom. The zero-order chi connectivity index (χ0) is 17.3. The summed E-state index contributed by atoms with van der Waals surface area (Å²) >= 11 is 11.1. The molecule has 0 aliphatic carbocycles. The molecule has 0 heterocycles. The van der Waals surface area contributed by atoms with Crippen LogP contribution >= 0.6 is 23.2 Å². The molecular weight excluding hydrogens is 374 g/mol. The summed E-state index contributed by atoms with van der Waals surface area (Å²) in [4.78, 5) is 9.72. The number of carbonyl (C=O) groups is 1. The fourth-order valence-corrected chi connectivity index (χ4v) is 3.36. The van der Waals surface area contributed by atoms with E-state index in [9.17, 15) is 26.4 Å². The summed E-state index contributed by atoms with van der Waals surface area (Å²) in [6, 6.07) is -0.234. The number of hydrogen-bond donors (Lipinski definition) is 3. The highest BCUT2D eigenvalue weighted by Crippen LogP contribution is 2.28. The number of rotatable bonds is 5. The summed E-state index contributed by atoms with van der Waals surface area (Å²) in [6.07, 6.45) is -8.39. The summed E-state index contributed by atoms with van der Waals surface area (Å²) in [7, 11) is -4.88. The van der Waals surface area contributed by atoms with Crippen LogP contribution in [0.2, 0.25) is 10.0 Å². The van der Waals surface area contributed by atoms with Crippen LogP contribution in [0.15, 0.2) is 23.1 Å². The number of carboxylic acids is 1. The second-order valence-corrected chi connectivity index (χ2v) is 6.52. The highest BCUT2D eigenvalue weighted by atomic mass is 35.5. The molecule has 22 heavy (non-hydrogen) atoms. The first-order chi connectivity index (χ1) is 9.86. The highest BCUT2D eigenvalue weighted by Gasteiger charge is 2.49. The molecule has 0 amide bonds. The number of carboxylic acid groups (broad SMARTS) is 1. The number of alkyl halides is 3. The second-order valence-electron chi connectivity index (χ2n) is 4.00. The number of aliphatic hydroxyl groups excluding tert-OH is 1. The summed E-state index contributed by atoms with van der Waals surface area (Å²) < 4.78 is 63.2. The fourth-order valence-electron chi connectivity index (χ4n) is 1.37. The molecule has 2 atom stereocenters. The fraction of sp³-hybridized carbons (Fsp3) is 0.300. The topological polar surface area (TPSA) is 104 Å². The third-order valence-corrected chi connectivity index (χ3v) is 4.54. The Hall–Kier alpha value is -1.07. The van der Waals surface area contributed by atoms with Gasteiger partial charge in [-0.25, -0.2) is 13.2 Å². The predicted molar refractivity (Wildman–Crippen MR) is 70.3 cm³/mol. The van der Waals surface area contributed by atoms with E-state index in [1.165, 1.54) is 6.07 Å². The predicted octanol–water partition coefficient (Wildman–Crippen LogP) is 1.65. The third-order valence-electron chi connectivity index (χ3n) is 2.39. The lowest BCUT2D eigenvalue weighted by Gasteiger charge is -2.24. The summed E-state index contributed by atoms with van der Waals surface area (Å²) in [5.41, 5.74) is 0. The van der Waals surface area contributed by atoms with E-state index in [2.05, 4.69) is 0 Å². The van der Waals surface area contributed by atoms with Crippen molar-refractivity contribution in [3.63, 3.8) is 0 Å². The Morgan fingerprint density at radius 1 is 1.27 bits per heavy atom. The van der Waals surface area contributed by atoms with E-state index in [-0.39, 0.29) is 5.02 Å². The molecule has 12 heteroatoms. The minimum Gasteiger partial charge on any atom is -0.479 e. The monoisotopic (exact) mass is 381 g/mol. The van der Waals surface area contributed by atoms with Gasteiger partial charge in [-0.05, 0) is 18.2 Å². The maximum absolute atomic E-state index is 12.7. The number of hydrogen-bond acceptors (Lipinski definition) is 4. The molecule has 0 aromatic heterocycles. The van der Waals surface area contributed by atoms with Gasteiger partial charge in [0.25, 0.3) is 0 Å². The van der Waals surface area contributed by atoms with Gasteiger partial charge in [0.15, 0.2) is 12.1 Å². The van der Waals surface area contributed by atoms with E-state index in [1.54, 1.807) is 0 Å². The van der Waals surface area contributed by atoms with Gasteiger partial charge < -0.3 is 10.2 Å². The maximum atomic E-state index is 12.7. The molecule has 0 spiro atoms. The SMILES string of the molecule is O=C(O)[C@H](O)[C@H](NS(=O)(=O)c1cc(Cl)ccc1Cl)C(F)(F)F. The first-order valence-electron chi connectivity index (χ1n) is 5.31. The number of nitrogens with one attached hydrogen (secondary N) is 1. The van der Waals surface area contributed by atoms with Crippen LogP contribution in [0.4, 0.5) is 13.2 Å². The molecule has 124 valence electrons. The molecular formula is C10H8Cl2F3NO5S. The summed E-state index contributed by atoms with van der Waals surface area (Å²) in [5.74, 6) is -2.25. The van der Waals surface area contributed by atoms with E-state index in [0.717, 1.165) is 16.9 Å². The first-order valence-corrected chi connectivity index (χ1v) is 7.55. The van der Waals surface area contributed by atoms with Crippen LogP contribution in [0.25, 0.3) is 0 Å². The minimum atomic E-state index is -5.35. The van der Waals surface area contributed by atoms with E-state index < -0.39 is 44.2 Å². The van der Waals surface area contributed by atoms with Crippen LogP contribution < -0.4 is 4.72 Å². The quantitative estimate of drug-likeness (QED) is 0.719. The third kappa shape index (κ3) is 4.46. The number of halogens is 5. The van der Waals surface area contributed by atoms with E-state index in [4.69, 9.17) is 33.4 Å². The molecule has 1 aromatic carbocycles. The molecule has 0 radical (unpaired) electrons. The van der Waals surface area contributed by atoms with Crippen molar-refractivity contribution < 1.29 is 36.6 Å². The molecule has 0 aliphatic rings. The molecule has 0 saturated heterocycles. The van der Waals surface area contributed by atoms with Crippen molar-refractivity contribution in [1.82, 2.24) is 4.72 Å². The van der Waals surface area contributed by atoms with Crippen LogP contribution in [0.1, 0.15) is 0 Å². The van der Waals surface area contributed by atoms with Gasteiger partial charge in [0.05, 0.1) is 5.02 Å². The van der Waals surface area contributed by atoms with Gasteiger partial charge in [-0.2, -0.15) is 17.9 Å². The lowest BCUT2D eigenvalue weighted by Crippen LogP contribution is -2.55. The van der Waals surface area contributed by atoms with Crippen LogP contribution in [-0.2, 0) is 14.8 Å². The molecule has 1 aromatic rings. The lowest BCUT2D eigenvalue weighted by molar-refractivity contribution is -0.185. The summed E-state index contributed by atoms with van der Waals surface area (Å²) in [6.45, 7) is 0. The molecule has 6 nitrogen and oxygen atoms in total. The van der Waals surface area contributed by atoms with Crippen LogP contribution in [0, 0.1) is 0 Å². The second kappa shape index (κ2) is 6.59. The minimum absolute atomic E-state index is 0.118. The molecule has 1 rings (SSSR count). The number of benzene rings is 1. The van der Waals surface area contributed by atoms with Gasteiger partial charge in [0.1, 0.15) is 4.90 Å². The van der Waals surface area contributed by atoms with Crippen LogP contribution in [0.5, 0.6) is 0 Å². The van der Waals surface area contributed by atoms with Gasteiger partial charge in [-0.3, -0.25) is 0 Å². The Labute approximate surface area is 132 Å². The number of aliphatic carboxylic acids is 1. The van der Waals surface area contributed by atoms with Crippen LogP contribution in [-0.4, -0.2) is 42.9 Å². The number of aliphatic hydroxyl groups is 1. The molecule has 0 saturated carbocycles. The molecule has 0 unspecified atom stereocenters. The largest absolute Gasteiger partial charge is 0.479 e. The Morgan fingerprint density at radius 3 is 2.27 bits per heavy atom. The van der Waals surface area contributed by atoms with Crippen molar-refractivity contribution in [2.75, 3.05) is 0 Å². The van der Waals surface area contributed by atoms with Crippen molar-refractivity contribution in [2.45, 2.75) is 23.2 Å².